The molecule has 0 bridgehead atoms. The summed E-state index contributed by atoms with van der Waals surface area (Å²) in [6, 6.07) is 7.57. The molecule has 4 rings (SSSR count). The third kappa shape index (κ3) is 3.62. The number of amides is 1. The van der Waals surface area contributed by atoms with Gasteiger partial charge in [-0.2, -0.15) is 0 Å². The fraction of sp³-hybridized carbons (Fsp3) is 0.364. The molecule has 2 aromatic heterocycles. The average Bonchev–Trinajstić information content (AvgIpc) is 3.32. The lowest BCUT2D eigenvalue weighted by atomic mass is 9.96. The van der Waals surface area contributed by atoms with E-state index in [1.54, 1.807) is 24.5 Å². The van der Waals surface area contributed by atoms with Gasteiger partial charge in [-0.25, -0.2) is 4.98 Å². The zero-order chi connectivity index (χ0) is 20.8. The second kappa shape index (κ2) is 7.22. The summed E-state index contributed by atoms with van der Waals surface area (Å²) >= 11 is 1.58. The maximum Gasteiger partial charge on any atom is 0.287 e. The second-order valence-electron chi connectivity index (χ2n) is 8.44. The molecule has 3 aromatic rings. The second-order valence-corrected chi connectivity index (χ2v) is 9.38. The summed E-state index contributed by atoms with van der Waals surface area (Å²) in [6.07, 6.45) is 0.735. The van der Waals surface area contributed by atoms with E-state index >= 15 is 0 Å². The molecule has 1 aromatic carbocycles. The minimum Gasteiger partial charge on any atom is -0.504 e. The fourth-order valence-corrected chi connectivity index (χ4v) is 4.27. The first-order valence-electron chi connectivity index (χ1n) is 9.61. The van der Waals surface area contributed by atoms with Gasteiger partial charge in [0, 0.05) is 18.7 Å². The number of aromatic nitrogens is 2. The molecule has 152 valence electrons. The van der Waals surface area contributed by atoms with Crippen molar-refractivity contribution in [1.29, 1.82) is 0 Å². The molecule has 2 N–H and O–H groups in total. The third-order valence-electron chi connectivity index (χ3n) is 4.97. The third-order valence-corrected chi connectivity index (χ3v) is 5.85. The van der Waals surface area contributed by atoms with Crippen LogP contribution in [0.3, 0.4) is 0 Å². The Morgan fingerprint density at radius 3 is 2.83 bits per heavy atom. The minimum absolute atomic E-state index is 0.0154. The Hall–Kier alpha value is -2.80. The smallest absolute Gasteiger partial charge is 0.287 e. The van der Waals surface area contributed by atoms with Crippen LogP contribution in [-0.4, -0.2) is 34.2 Å². The molecule has 0 atom stereocenters. The molecule has 1 aliphatic heterocycles. The molecule has 0 spiro atoms. The number of hydrogen-bond acceptors (Lipinski definition) is 5. The summed E-state index contributed by atoms with van der Waals surface area (Å²) in [5.74, 6) is 0.771. The van der Waals surface area contributed by atoms with Gasteiger partial charge in [-0.1, -0.05) is 26.8 Å². The van der Waals surface area contributed by atoms with Crippen molar-refractivity contribution >= 4 is 17.2 Å². The number of fused-ring (bicyclic) bond motifs is 3. The van der Waals surface area contributed by atoms with Crippen LogP contribution < -0.4 is 10.1 Å². The van der Waals surface area contributed by atoms with Crippen LogP contribution in [0.1, 0.15) is 37.0 Å². The Balaban J connectivity index is 1.85. The van der Waals surface area contributed by atoms with E-state index in [2.05, 4.69) is 26.1 Å². The van der Waals surface area contributed by atoms with E-state index in [4.69, 9.17) is 9.72 Å². The minimum atomic E-state index is -0.176. The Morgan fingerprint density at radius 2 is 2.17 bits per heavy atom. The molecule has 3 heterocycles. The van der Waals surface area contributed by atoms with Crippen LogP contribution in [0.4, 0.5) is 0 Å². The highest BCUT2D eigenvalue weighted by Gasteiger charge is 2.30. The molecule has 0 unspecified atom stereocenters. The molecule has 6 nitrogen and oxygen atoms in total. The van der Waals surface area contributed by atoms with Gasteiger partial charge in [0.05, 0.1) is 17.7 Å². The quantitative estimate of drug-likeness (QED) is 0.670. The molecule has 0 radical (unpaired) electrons. The van der Waals surface area contributed by atoms with Crippen LogP contribution in [0.5, 0.6) is 11.5 Å². The Labute approximate surface area is 174 Å². The van der Waals surface area contributed by atoms with Crippen LogP contribution in [-0.2, 0) is 13.0 Å². The number of carbonyl (C=O) groups is 1. The standard InChI is InChI=1S/C22H25N3O3S/c1-22(2,3)12-23-21(27)20-24-18(17-6-5-9-29-17)19-14-11-15(26)16(28-4)10-13(14)7-8-25(19)20/h5-6,9-11,26H,7-8,12H2,1-4H3,(H,23,27). The number of benzene rings is 1. The summed E-state index contributed by atoms with van der Waals surface area (Å²) in [5, 5.41) is 15.4. The summed E-state index contributed by atoms with van der Waals surface area (Å²) in [5.41, 5.74) is 3.59. The van der Waals surface area contributed by atoms with Gasteiger partial charge in [0.1, 0.15) is 5.69 Å². The average molecular weight is 412 g/mol. The van der Waals surface area contributed by atoms with E-state index in [1.807, 2.05) is 28.1 Å². The topological polar surface area (TPSA) is 76.4 Å². The zero-order valence-corrected chi connectivity index (χ0v) is 17.9. The van der Waals surface area contributed by atoms with Gasteiger partial charge in [0.15, 0.2) is 17.3 Å². The van der Waals surface area contributed by atoms with Crippen LogP contribution >= 0.6 is 11.3 Å². The molecular formula is C22H25N3O3S. The first kappa shape index (κ1) is 19.5. The Morgan fingerprint density at radius 1 is 1.38 bits per heavy atom. The first-order chi connectivity index (χ1) is 13.8. The number of phenols is 1. The van der Waals surface area contributed by atoms with Crippen molar-refractivity contribution in [2.24, 2.45) is 5.41 Å². The predicted molar refractivity (Wildman–Crippen MR) is 115 cm³/mol. The molecule has 0 fully saturated rings. The molecule has 0 saturated carbocycles. The van der Waals surface area contributed by atoms with Crippen molar-refractivity contribution in [3.63, 3.8) is 0 Å². The first-order valence-corrected chi connectivity index (χ1v) is 10.5. The number of thiophene rings is 1. The predicted octanol–water partition coefficient (Wildman–Crippen LogP) is 4.32. The van der Waals surface area contributed by atoms with Crippen molar-refractivity contribution in [3.05, 3.63) is 41.0 Å². The highest BCUT2D eigenvalue weighted by molar-refractivity contribution is 7.13. The molecule has 0 aliphatic carbocycles. The van der Waals surface area contributed by atoms with E-state index in [0.717, 1.165) is 33.8 Å². The monoisotopic (exact) mass is 411 g/mol. The molecule has 1 aliphatic rings. The van der Waals surface area contributed by atoms with E-state index in [1.165, 1.54) is 0 Å². The van der Waals surface area contributed by atoms with Gasteiger partial charge in [-0.15, -0.1) is 11.3 Å². The largest absolute Gasteiger partial charge is 0.504 e. The number of imidazole rings is 1. The lowest BCUT2D eigenvalue weighted by Gasteiger charge is -2.23. The number of phenolic OH excluding ortho intramolecular Hbond substituents is 1. The molecule has 0 saturated heterocycles. The molecule has 7 heteroatoms. The summed E-state index contributed by atoms with van der Waals surface area (Å²) in [6.45, 7) is 7.46. The number of carbonyl (C=O) groups excluding carboxylic acids is 1. The van der Waals surface area contributed by atoms with Gasteiger partial charge in [0.2, 0.25) is 0 Å². The van der Waals surface area contributed by atoms with Crippen molar-refractivity contribution in [1.82, 2.24) is 14.9 Å². The van der Waals surface area contributed by atoms with Gasteiger partial charge >= 0.3 is 0 Å². The number of nitrogens with zero attached hydrogens (tertiary/aromatic N) is 2. The summed E-state index contributed by atoms with van der Waals surface area (Å²) < 4.78 is 7.25. The van der Waals surface area contributed by atoms with E-state index < -0.39 is 0 Å². The van der Waals surface area contributed by atoms with Crippen LogP contribution in [0, 0.1) is 5.41 Å². The van der Waals surface area contributed by atoms with Crippen molar-refractivity contribution in [2.75, 3.05) is 13.7 Å². The van der Waals surface area contributed by atoms with Crippen LogP contribution in [0.25, 0.3) is 21.8 Å². The number of ether oxygens (including phenoxy) is 1. The van der Waals surface area contributed by atoms with Gasteiger partial charge < -0.3 is 19.7 Å². The molecular weight excluding hydrogens is 386 g/mol. The van der Waals surface area contributed by atoms with Gasteiger partial charge in [-0.05, 0) is 41.0 Å². The van der Waals surface area contributed by atoms with Crippen molar-refractivity contribution in [3.8, 4) is 33.3 Å². The van der Waals surface area contributed by atoms with E-state index in [-0.39, 0.29) is 17.1 Å². The number of aromatic hydroxyl groups is 1. The van der Waals surface area contributed by atoms with Gasteiger partial charge in [-0.3, -0.25) is 4.79 Å². The zero-order valence-electron chi connectivity index (χ0n) is 17.1. The molecule has 1 amide bonds. The lowest BCUT2D eigenvalue weighted by Crippen LogP contribution is -2.34. The van der Waals surface area contributed by atoms with Gasteiger partial charge in [0.25, 0.3) is 5.91 Å². The SMILES string of the molecule is COc1cc2c(cc1O)-c1c(-c3cccs3)nc(C(=O)NCC(C)(C)C)n1CC2. The number of methoxy groups -OCH3 is 1. The van der Waals surface area contributed by atoms with Crippen molar-refractivity contribution in [2.45, 2.75) is 33.7 Å². The molecule has 29 heavy (non-hydrogen) atoms. The Kier molecular flexibility index (Phi) is 4.86. The number of aryl methyl sites for hydroxylation is 1. The number of hydrogen-bond donors (Lipinski definition) is 2. The maximum atomic E-state index is 13.0. The van der Waals surface area contributed by atoms with E-state index in [9.17, 15) is 9.90 Å². The summed E-state index contributed by atoms with van der Waals surface area (Å²) in [7, 11) is 1.54. The normalized spacial score (nSPS) is 13.0. The lowest BCUT2D eigenvalue weighted by molar-refractivity contribution is 0.0924. The highest BCUT2D eigenvalue weighted by Crippen LogP contribution is 2.43. The van der Waals surface area contributed by atoms with Crippen molar-refractivity contribution < 1.29 is 14.6 Å². The number of nitrogens with one attached hydrogen (secondary N) is 1. The maximum absolute atomic E-state index is 13.0. The highest BCUT2D eigenvalue weighted by atomic mass is 32.1. The summed E-state index contributed by atoms with van der Waals surface area (Å²) in [4.78, 5) is 18.7. The van der Waals surface area contributed by atoms with Crippen LogP contribution in [0.2, 0.25) is 0 Å². The Bertz CT molecular complexity index is 1060. The van der Waals surface area contributed by atoms with Crippen LogP contribution in [0.15, 0.2) is 29.6 Å². The number of rotatable bonds is 4. The fourth-order valence-electron chi connectivity index (χ4n) is 3.56. The van der Waals surface area contributed by atoms with E-state index in [0.29, 0.717) is 24.7 Å².